The van der Waals surface area contributed by atoms with Crippen LogP contribution in [0.4, 0.5) is 5.69 Å². The molecule has 1 aromatic heterocycles. The Bertz CT molecular complexity index is 559. The first-order chi connectivity index (χ1) is 9.47. The molecule has 0 aliphatic rings. The van der Waals surface area contributed by atoms with Gasteiger partial charge in [-0.25, -0.2) is 0 Å². The molecule has 106 valence electrons. The molecule has 0 saturated heterocycles. The SMILES string of the molecule is CC(C)(CNC(=O)Cc1ccc(N)cc1)c1cccs1. The number of carbonyl (C=O) groups excluding carboxylic acids is 1. The zero-order valence-electron chi connectivity index (χ0n) is 11.8. The van der Waals surface area contributed by atoms with E-state index < -0.39 is 0 Å². The summed E-state index contributed by atoms with van der Waals surface area (Å²) < 4.78 is 0. The van der Waals surface area contributed by atoms with Crippen LogP contribution >= 0.6 is 11.3 Å². The van der Waals surface area contributed by atoms with Crippen LogP contribution in [0.5, 0.6) is 0 Å². The van der Waals surface area contributed by atoms with Gasteiger partial charge in [0.05, 0.1) is 6.42 Å². The second-order valence-corrected chi connectivity index (χ2v) is 6.50. The average Bonchev–Trinajstić information content (AvgIpc) is 2.94. The smallest absolute Gasteiger partial charge is 0.224 e. The Kier molecular flexibility index (Phi) is 4.45. The molecule has 0 unspecified atom stereocenters. The molecule has 3 N–H and O–H groups in total. The van der Waals surface area contributed by atoms with E-state index >= 15 is 0 Å². The molecule has 4 heteroatoms. The van der Waals surface area contributed by atoms with Crippen molar-refractivity contribution in [3.05, 3.63) is 52.2 Å². The van der Waals surface area contributed by atoms with Gasteiger partial charge < -0.3 is 11.1 Å². The number of hydrogen-bond acceptors (Lipinski definition) is 3. The van der Waals surface area contributed by atoms with Gasteiger partial charge in [0.2, 0.25) is 5.91 Å². The molecule has 2 aromatic rings. The zero-order valence-corrected chi connectivity index (χ0v) is 12.7. The molecular formula is C16H20N2OS. The van der Waals surface area contributed by atoms with E-state index in [0.29, 0.717) is 18.7 Å². The summed E-state index contributed by atoms with van der Waals surface area (Å²) >= 11 is 1.72. The number of rotatable bonds is 5. The molecule has 0 radical (unpaired) electrons. The van der Waals surface area contributed by atoms with Crippen molar-refractivity contribution >= 4 is 22.9 Å². The quantitative estimate of drug-likeness (QED) is 0.831. The van der Waals surface area contributed by atoms with Gasteiger partial charge in [0.15, 0.2) is 0 Å². The molecule has 20 heavy (non-hydrogen) atoms. The Morgan fingerprint density at radius 1 is 1.25 bits per heavy atom. The summed E-state index contributed by atoms with van der Waals surface area (Å²) in [5.74, 6) is 0.0411. The minimum atomic E-state index is -0.0368. The summed E-state index contributed by atoms with van der Waals surface area (Å²) in [6.07, 6.45) is 0.390. The van der Waals surface area contributed by atoms with Crippen molar-refractivity contribution in [1.82, 2.24) is 5.32 Å². The highest BCUT2D eigenvalue weighted by Crippen LogP contribution is 2.26. The molecule has 3 nitrogen and oxygen atoms in total. The van der Waals surface area contributed by atoms with Crippen molar-refractivity contribution in [3.8, 4) is 0 Å². The Morgan fingerprint density at radius 2 is 1.95 bits per heavy atom. The minimum absolute atomic E-state index is 0.0368. The van der Waals surface area contributed by atoms with E-state index in [1.54, 1.807) is 11.3 Å². The Labute approximate surface area is 123 Å². The van der Waals surface area contributed by atoms with Gasteiger partial charge >= 0.3 is 0 Å². The van der Waals surface area contributed by atoms with Crippen LogP contribution in [0, 0.1) is 0 Å². The summed E-state index contributed by atoms with van der Waals surface area (Å²) in [5.41, 5.74) is 7.28. The van der Waals surface area contributed by atoms with Crippen LogP contribution < -0.4 is 11.1 Å². The lowest BCUT2D eigenvalue weighted by Crippen LogP contribution is -2.36. The monoisotopic (exact) mass is 288 g/mol. The summed E-state index contributed by atoms with van der Waals surface area (Å²) in [6.45, 7) is 4.92. The molecule has 0 saturated carbocycles. The second-order valence-electron chi connectivity index (χ2n) is 5.56. The molecule has 0 bridgehead atoms. The van der Waals surface area contributed by atoms with Crippen LogP contribution in [0.15, 0.2) is 41.8 Å². The van der Waals surface area contributed by atoms with E-state index in [0.717, 1.165) is 5.56 Å². The maximum atomic E-state index is 12.0. The van der Waals surface area contributed by atoms with Gasteiger partial charge in [-0.2, -0.15) is 0 Å². The van der Waals surface area contributed by atoms with Crippen molar-refractivity contribution in [2.24, 2.45) is 0 Å². The molecule has 1 heterocycles. The highest BCUT2D eigenvalue weighted by molar-refractivity contribution is 7.10. The van der Waals surface area contributed by atoms with Crippen LogP contribution in [0.3, 0.4) is 0 Å². The first-order valence-electron chi connectivity index (χ1n) is 6.62. The molecule has 0 spiro atoms. The van der Waals surface area contributed by atoms with E-state index in [-0.39, 0.29) is 11.3 Å². The van der Waals surface area contributed by atoms with Crippen LogP contribution in [0.25, 0.3) is 0 Å². The fraction of sp³-hybridized carbons (Fsp3) is 0.312. The molecular weight excluding hydrogens is 268 g/mol. The molecule has 2 rings (SSSR count). The van der Waals surface area contributed by atoms with Crippen molar-refractivity contribution < 1.29 is 4.79 Å². The lowest BCUT2D eigenvalue weighted by molar-refractivity contribution is -0.120. The lowest BCUT2D eigenvalue weighted by Gasteiger charge is -2.23. The van der Waals surface area contributed by atoms with Gasteiger partial charge in [-0.1, -0.05) is 32.0 Å². The van der Waals surface area contributed by atoms with Gasteiger partial charge in [-0.15, -0.1) is 11.3 Å². The Balaban J connectivity index is 1.88. The number of amides is 1. The summed E-state index contributed by atoms with van der Waals surface area (Å²) in [4.78, 5) is 13.3. The lowest BCUT2D eigenvalue weighted by atomic mass is 9.91. The number of benzene rings is 1. The molecule has 1 amide bonds. The Morgan fingerprint density at radius 3 is 2.55 bits per heavy atom. The van der Waals surface area contributed by atoms with E-state index in [9.17, 15) is 4.79 Å². The number of anilines is 1. The third kappa shape index (κ3) is 3.84. The fourth-order valence-electron chi connectivity index (χ4n) is 1.95. The highest BCUT2D eigenvalue weighted by Gasteiger charge is 2.22. The van der Waals surface area contributed by atoms with Crippen LogP contribution in [0.1, 0.15) is 24.3 Å². The number of nitrogen functional groups attached to an aromatic ring is 1. The summed E-state index contributed by atoms with van der Waals surface area (Å²) in [7, 11) is 0. The van der Waals surface area contributed by atoms with Gasteiger partial charge in [0.25, 0.3) is 0 Å². The number of thiophene rings is 1. The maximum Gasteiger partial charge on any atom is 0.224 e. The predicted octanol–water partition coefficient (Wildman–Crippen LogP) is 2.97. The number of hydrogen-bond donors (Lipinski definition) is 2. The fourth-order valence-corrected chi connectivity index (χ4v) is 2.81. The van der Waals surface area contributed by atoms with Gasteiger partial charge in [0.1, 0.15) is 0 Å². The average molecular weight is 288 g/mol. The molecule has 0 fully saturated rings. The third-order valence-corrected chi connectivity index (χ3v) is 4.50. The molecule has 1 aromatic carbocycles. The van der Waals surface area contributed by atoms with Gasteiger partial charge in [0, 0.05) is 22.5 Å². The van der Waals surface area contributed by atoms with Gasteiger partial charge in [-0.05, 0) is 29.1 Å². The van der Waals surface area contributed by atoms with E-state index in [2.05, 4.69) is 30.6 Å². The summed E-state index contributed by atoms with van der Waals surface area (Å²) in [5, 5.41) is 5.07. The first kappa shape index (κ1) is 14.6. The number of nitrogens with one attached hydrogen (secondary N) is 1. The van der Waals surface area contributed by atoms with Crippen LogP contribution in [-0.2, 0) is 16.6 Å². The van der Waals surface area contributed by atoms with E-state index in [1.807, 2.05) is 30.3 Å². The van der Waals surface area contributed by atoms with Crippen LogP contribution in [-0.4, -0.2) is 12.5 Å². The largest absolute Gasteiger partial charge is 0.399 e. The van der Waals surface area contributed by atoms with Crippen LogP contribution in [0.2, 0.25) is 0 Å². The Hall–Kier alpha value is -1.81. The maximum absolute atomic E-state index is 12.0. The number of carbonyl (C=O) groups is 1. The zero-order chi connectivity index (χ0) is 14.6. The normalized spacial score (nSPS) is 11.3. The van der Waals surface area contributed by atoms with Crippen molar-refractivity contribution in [2.75, 3.05) is 12.3 Å². The van der Waals surface area contributed by atoms with Crippen molar-refractivity contribution in [2.45, 2.75) is 25.7 Å². The molecule has 0 aliphatic carbocycles. The predicted molar refractivity (Wildman–Crippen MR) is 84.9 cm³/mol. The van der Waals surface area contributed by atoms with Crippen molar-refractivity contribution in [1.29, 1.82) is 0 Å². The third-order valence-electron chi connectivity index (χ3n) is 3.26. The van der Waals surface area contributed by atoms with E-state index in [1.165, 1.54) is 4.88 Å². The van der Waals surface area contributed by atoms with Gasteiger partial charge in [-0.3, -0.25) is 4.79 Å². The standard InChI is InChI=1S/C16H20N2OS/c1-16(2,14-4-3-9-20-14)11-18-15(19)10-12-5-7-13(17)8-6-12/h3-9H,10-11,17H2,1-2H3,(H,18,19). The first-order valence-corrected chi connectivity index (χ1v) is 7.50. The minimum Gasteiger partial charge on any atom is -0.399 e. The summed E-state index contributed by atoms with van der Waals surface area (Å²) in [6, 6.07) is 11.6. The topological polar surface area (TPSA) is 55.1 Å². The molecule has 0 atom stereocenters. The molecule has 0 aliphatic heterocycles. The van der Waals surface area contributed by atoms with E-state index in [4.69, 9.17) is 5.73 Å². The highest BCUT2D eigenvalue weighted by atomic mass is 32.1. The second kappa shape index (κ2) is 6.09. The number of nitrogens with two attached hydrogens (primary N) is 1. The van der Waals surface area contributed by atoms with Crippen molar-refractivity contribution in [3.63, 3.8) is 0 Å².